The number of rotatable bonds is 7. The van der Waals surface area contributed by atoms with Crippen LogP contribution < -0.4 is 9.47 Å². The van der Waals surface area contributed by atoms with Crippen molar-refractivity contribution in [2.75, 3.05) is 6.23 Å². The van der Waals surface area contributed by atoms with Crippen molar-refractivity contribution in [1.29, 1.82) is 0 Å². The van der Waals surface area contributed by atoms with Crippen LogP contribution in [0.1, 0.15) is 38.8 Å². The van der Waals surface area contributed by atoms with E-state index in [1.807, 2.05) is 37.3 Å². The minimum atomic E-state index is -4.10. The molecule has 0 fully saturated rings. The lowest BCUT2D eigenvalue weighted by Crippen LogP contribution is -2.54. The van der Waals surface area contributed by atoms with E-state index in [2.05, 4.69) is 0 Å². The van der Waals surface area contributed by atoms with Gasteiger partial charge < -0.3 is 27.5 Å². The van der Waals surface area contributed by atoms with Crippen molar-refractivity contribution in [3.05, 3.63) is 59.7 Å². The molecule has 0 saturated heterocycles. The summed E-state index contributed by atoms with van der Waals surface area (Å²) < 4.78 is 33.1. The first kappa shape index (κ1) is 23.3. The first-order valence-electron chi connectivity index (χ1n) is 9.84. The second kappa shape index (κ2) is 9.41. The van der Waals surface area contributed by atoms with E-state index in [1.54, 1.807) is 18.2 Å². The normalized spacial score (nSPS) is 17.4. The van der Waals surface area contributed by atoms with Gasteiger partial charge in [0.25, 0.3) is 17.9 Å². The highest BCUT2D eigenvalue weighted by atomic mass is 28.4. The van der Waals surface area contributed by atoms with Crippen molar-refractivity contribution < 1.29 is 41.9 Å². The fraction of sp³-hybridized carbons (Fsp3) is 0.318. The van der Waals surface area contributed by atoms with Crippen LogP contribution in [-0.4, -0.2) is 32.9 Å². The van der Waals surface area contributed by atoms with Gasteiger partial charge in [-0.25, -0.2) is 0 Å². The number of carbonyl (C=O) groups is 3. The molecule has 0 spiro atoms. The Labute approximate surface area is 186 Å². The van der Waals surface area contributed by atoms with Crippen molar-refractivity contribution in [2.45, 2.75) is 40.1 Å². The molecular weight excluding hydrogens is 436 g/mol. The Morgan fingerprint density at radius 2 is 1.53 bits per heavy atom. The quantitative estimate of drug-likeness (QED) is 0.576. The molecule has 0 saturated carbocycles. The number of hydrogen-bond acceptors (Lipinski definition) is 9. The van der Waals surface area contributed by atoms with Gasteiger partial charge in [0.15, 0.2) is 6.23 Å². The summed E-state index contributed by atoms with van der Waals surface area (Å²) in [4.78, 5) is 34.6. The molecule has 0 radical (unpaired) electrons. The van der Waals surface area contributed by atoms with Crippen LogP contribution in [0, 0.1) is 0 Å². The second-order valence-electron chi connectivity index (χ2n) is 7.22. The first-order chi connectivity index (χ1) is 15.1. The van der Waals surface area contributed by atoms with Gasteiger partial charge in [-0.2, -0.15) is 0 Å². The predicted molar refractivity (Wildman–Crippen MR) is 112 cm³/mol. The lowest BCUT2D eigenvalue weighted by molar-refractivity contribution is -0.202. The smallest absolute Gasteiger partial charge is 0.485 e. The van der Waals surface area contributed by atoms with Gasteiger partial charge in [0.05, 0.1) is 6.61 Å². The Hall–Kier alpha value is -3.37. The van der Waals surface area contributed by atoms with E-state index in [4.69, 9.17) is 27.5 Å². The average molecular weight is 461 g/mol. The molecule has 9 nitrogen and oxygen atoms in total. The molecule has 1 heterocycles. The molecule has 1 atom stereocenters. The molecule has 3 rings (SSSR count). The monoisotopic (exact) mass is 460 g/mol. The van der Waals surface area contributed by atoms with Gasteiger partial charge in [-0.3, -0.25) is 14.4 Å². The van der Waals surface area contributed by atoms with E-state index in [9.17, 15) is 14.4 Å². The zero-order chi connectivity index (χ0) is 23.4. The predicted octanol–water partition coefficient (Wildman–Crippen LogP) is 3.01. The number of fused-ring (bicyclic) bond motifs is 1. The van der Waals surface area contributed by atoms with Crippen LogP contribution in [0.25, 0.3) is 0 Å². The molecule has 32 heavy (non-hydrogen) atoms. The number of ether oxygens (including phenoxy) is 3. The Bertz CT molecular complexity index is 967. The minimum absolute atomic E-state index is 0.262. The molecule has 2 aromatic rings. The molecular formula is C22H24O9Si. The van der Waals surface area contributed by atoms with Gasteiger partial charge >= 0.3 is 8.80 Å². The number of hydrogen-bond donors (Lipinski definition) is 0. The highest BCUT2D eigenvalue weighted by Gasteiger charge is 2.53. The highest BCUT2D eigenvalue weighted by Crippen LogP contribution is 2.38. The molecule has 2 aromatic carbocycles. The lowest BCUT2D eigenvalue weighted by Gasteiger charge is -2.36. The van der Waals surface area contributed by atoms with E-state index >= 15 is 0 Å². The van der Waals surface area contributed by atoms with Crippen molar-refractivity contribution in [3.8, 4) is 11.5 Å². The molecule has 0 bridgehead atoms. The van der Waals surface area contributed by atoms with Gasteiger partial charge in [0.2, 0.25) is 5.79 Å². The van der Waals surface area contributed by atoms with Crippen molar-refractivity contribution in [1.82, 2.24) is 0 Å². The third-order valence-electron chi connectivity index (χ3n) is 4.45. The first-order valence-corrected chi connectivity index (χ1v) is 11.8. The maximum absolute atomic E-state index is 11.5. The topological polar surface area (TPSA) is 107 Å². The summed E-state index contributed by atoms with van der Waals surface area (Å²) >= 11 is 0. The molecule has 0 N–H and O–H groups in total. The van der Waals surface area contributed by atoms with Crippen LogP contribution in [0.5, 0.6) is 11.5 Å². The summed E-state index contributed by atoms with van der Waals surface area (Å²) in [5, 5.41) is 0. The fourth-order valence-corrected chi connectivity index (χ4v) is 5.13. The standard InChI is InChI=1S/C22H24O9Si/c1-15(23)29-32(30-16(2)24,31-17(3)25)14-26-20-10-11-21-18(12-20)13-27-22(4,28-21)19-8-6-5-7-9-19/h5-12H,13-14H2,1-4H3. The SMILES string of the molecule is CC(=O)O[Si](COc1ccc2c(c1)COC(C)(c1ccccc1)O2)(OC(C)=O)OC(C)=O. The summed E-state index contributed by atoms with van der Waals surface area (Å²) in [7, 11) is -4.10. The summed E-state index contributed by atoms with van der Waals surface area (Å²) in [6.07, 6.45) is -0.437. The summed E-state index contributed by atoms with van der Waals surface area (Å²) in [5.41, 5.74) is 1.61. The van der Waals surface area contributed by atoms with Gasteiger partial charge in [-0.15, -0.1) is 0 Å². The molecule has 170 valence electrons. The Morgan fingerprint density at radius 1 is 0.938 bits per heavy atom. The summed E-state index contributed by atoms with van der Waals surface area (Å²) in [6, 6.07) is 14.6. The Balaban J connectivity index is 1.77. The lowest BCUT2D eigenvalue weighted by atomic mass is 10.1. The number of benzene rings is 2. The summed E-state index contributed by atoms with van der Waals surface area (Å²) in [5.74, 6) is -2.25. The van der Waals surface area contributed by atoms with Crippen molar-refractivity contribution in [3.63, 3.8) is 0 Å². The van der Waals surface area contributed by atoms with E-state index in [0.29, 0.717) is 11.5 Å². The van der Waals surface area contributed by atoms with Gasteiger partial charge in [-0.1, -0.05) is 30.3 Å². The minimum Gasteiger partial charge on any atom is -0.485 e. The third kappa shape index (κ3) is 5.65. The van der Waals surface area contributed by atoms with E-state index in [-0.39, 0.29) is 6.61 Å². The third-order valence-corrected chi connectivity index (χ3v) is 6.74. The largest absolute Gasteiger partial charge is 0.745 e. The van der Waals surface area contributed by atoms with Crippen LogP contribution in [0.3, 0.4) is 0 Å². The van der Waals surface area contributed by atoms with Crippen LogP contribution >= 0.6 is 0 Å². The Kier molecular flexibility index (Phi) is 6.85. The molecule has 0 amide bonds. The maximum Gasteiger partial charge on any atom is 0.745 e. The fourth-order valence-electron chi connectivity index (χ4n) is 3.18. The van der Waals surface area contributed by atoms with E-state index < -0.39 is 38.7 Å². The molecule has 1 aliphatic rings. The molecule has 10 heteroatoms. The van der Waals surface area contributed by atoms with Crippen molar-refractivity contribution in [2.24, 2.45) is 0 Å². The zero-order valence-corrected chi connectivity index (χ0v) is 19.2. The van der Waals surface area contributed by atoms with Gasteiger partial charge in [-0.05, 0) is 18.2 Å². The molecule has 0 aliphatic carbocycles. The molecule has 1 unspecified atom stereocenters. The van der Waals surface area contributed by atoms with Crippen LogP contribution in [-0.2, 0) is 44.8 Å². The average Bonchev–Trinajstić information content (AvgIpc) is 2.71. The van der Waals surface area contributed by atoms with E-state index in [0.717, 1.165) is 31.9 Å². The number of carbonyl (C=O) groups excluding carboxylic acids is 3. The highest BCUT2D eigenvalue weighted by molar-refractivity contribution is 6.65. The van der Waals surface area contributed by atoms with E-state index in [1.165, 1.54) is 0 Å². The molecule has 1 aliphatic heterocycles. The Morgan fingerprint density at radius 3 is 2.09 bits per heavy atom. The van der Waals surface area contributed by atoms with Crippen LogP contribution in [0.4, 0.5) is 0 Å². The summed E-state index contributed by atoms with van der Waals surface area (Å²) in [6.45, 7) is 5.45. The zero-order valence-electron chi connectivity index (χ0n) is 18.2. The van der Waals surface area contributed by atoms with Crippen LogP contribution in [0.15, 0.2) is 48.5 Å². The maximum atomic E-state index is 11.5. The van der Waals surface area contributed by atoms with Crippen molar-refractivity contribution >= 4 is 26.7 Å². The molecule has 0 aromatic heterocycles. The van der Waals surface area contributed by atoms with Crippen LogP contribution in [0.2, 0.25) is 0 Å². The van der Waals surface area contributed by atoms with Gasteiger partial charge in [0.1, 0.15) is 11.5 Å². The second-order valence-corrected chi connectivity index (χ2v) is 9.49. The van der Waals surface area contributed by atoms with Gasteiger partial charge in [0, 0.05) is 38.8 Å².